The summed E-state index contributed by atoms with van der Waals surface area (Å²) in [5, 5.41) is 6.90. The summed E-state index contributed by atoms with van der Waals surface area (Å²) in [6.07, 6.45) is 0. The predicted molar refractivity (Wildman–Crippen MR) is 123 cm³/mol. The zero-order chi connectivity index (χ0) is 20.8. The Hall–Kier alpha value is -2.50. The molecule has 150 valence electrons. The van der Waals surface area contributed by atoms with Gasteiger partial charge in [-0.05, 0) is 77.3 Å². The Bertz CT molecular complexity index is 1020. The van der Waals surface area contributed by atoms with Crippen molar-refractivity contribution in [2.75, 3.05) is 17.2 Å². The van der Waals surface area contributed by atoms with Gasteiger partial charge in [-0.15, -0.1) is 0 Å². The highest BCUT2D eigenvalue weighted by Gasteiger charge is 2.09. The van der Waals surface area contributed by atoms with E-state index in [1.165, 1.54) is 0 Å². The third-order valence-electron chi connectivity index (χ3n) is 4.33. The number of hydrogen-bond acceptors (Lipinski definition) is 3. The first-order valence-corrected chi connectivity index (χ1v) is 10.4. The minimum atomic E-state index is -0.199. The number of aryl methyl sites for hydroxylation is 2. The van der Waals surface area contributed by atoms with E-state index in [4.69, 9.17) is 16.3 Å². The van der Waals surface area contributed by atoms with E-state index in [1.807, 2.05) is 74.5 Å². The molecule has 3 aromatic rings. The van der Waals surface area contributed by atoms with Crippen LogP contribution in [0.3, 0.4) is 0 Å². The maximum absolute atomic E-state index is 12.2. The van der Waals surface area contributed by atoms with Gasteiger partial charge in [-0.2, -0.15) is 0 Å². The standard InChI is InChI=1S/C23H22BrClN2O2/c1-15-6-8-21(16(2)10-15)27-23(28)14-29-22-9-7-17(11-20(22)24)13-26-19-5-3-4-18(25)12-19/h3-12,26H,13-14H2,1-2H3,(H,27,28). The molecule has 0 unspecified atom stereocenters. The molecule has 29 heavy (non-hydrogen) atoms. The molecule has 6 heteroatoms. The van der Waals surface area contributed by atoms with E-state index < -0.39 is 0 Å². The van der Waals surface area contributed by atoms with Crippen LogP contribution in [0.15, 0.2) is 65.1 Å². The minimum Gasteiger partial charge on any atom is -0.483 e. The monoisotopic (exact) mass is 472 g/mol. The van der Waals surface area contributed by atoms with Crippen LogP contribution >= 0.6 is 27.5 Å². The van der Waals surface area contributed by atoms with Gasteiger partial charge in [0.2, 0.25) is 0 Å². The Labute approximate surface area is 184 Å². The molecule has 0 radical (unpaired) electrons. The third-order valence-corrected chi connectivity index (χ3v) is 5.19. The summed E-state index contributed by atoms with van der Waals surface area (Å²) >= 11 is 9.52. The average Bonchev–Trinajstić information content (AvgIpc) is 2.68. The number of nitrogens with one attached hydrogen (secondary N) is 2. The summed E-state index contributed by atoms with van der Waals surface area (Å²) in [4.78, 5) is 12.2. The number of ether oxygens (including phenoxy) is 1. The number of carbonyl (C=O) groups excluding carboxylic acids is 1. The second-order valence-electron chi connectivity index (χ2n) is 6.78. The highest BCUT2D eigenvalue weighted by atomic mass is 79.9. The van der Waals surface area contributed by atoms with Gasteiger partial charge in [0.05, 0.1) is 4.47 Å². The van der Waals surface area contributed by atoms with Crippen molar-refractivity contribution in [3.63, 3.8) is 0 Å². The molecule has 0 aliphatic heterocycles. The lowest BCUT2D eigenvalue weighted by Crippen LogP contribution is -2.20. The molecule has 0 saturated carbocycles. The van der Waals surface area contributed by atoms with Crippen LogP contribution in [-0.2, 0) is 11.3 Å². The predicted octanol–water partition coefficient (Wildman–Crippen LogP) is 6.35. The molecule has 1 amide bonds. The van der Waals surface area contributed by atoms with Gasteiger partial charge < -0.3 is 15.4 Å². The SMILES string of the molecule is Cc1ccc(NC(=O)COc2ccc(CNc3cccc(Cl)c3)cc2Br)c(C)c1. The molecule has 3 rings (SSSR count). The molecule has 4 nitrogen and oxygen atoms in total. The Kier molecular flexibility index (Phi) is 7.18. The normalized spacial score (nSPS) is 10.5. The second kappa shape index (κ2) is 9.81. The Morgan fingerprint density at radius 2 is 1.90 bits per heavy atom. The molecule has 3 aromatic carbocycles. The summed E-state index contributed by atoms with van der Waals surface area (Å²) in [6, 6.07) is 19.3. The largest absolute Gasteiger partial charge is 0.483 e. The molecule has 0 saturated heterocycles. The van der Waals surface area contributed by atoms with Gasteiger partial charge in [0.25, 0.3) is 5.91 Å². The van der Waals surface area contributed by atoms with Gasteiger partial charge in [-0.1, -0.05) is 41.4 Å². The molecule has 0 bridgehead atoms. The summed E-state index contributed by atoms with van der Waals surface area (Å²) in [6.45, 7) is 4.57. The fourth-order valence-corrected chi connectivity index (χ4v) is 3.59. The van der Waals surface area contributed by atoms with Crippen molar-refractivity contribution in [3.8, 4) is 5.75 Å². The van der Waals surface area contributed by atoms with Crippen LogP contribution in [0, 0.1) is 13.8 Å². The van der Waals surface area contributed by atoms with Crippen LogP contribution < -0.4 is 15.4 Å². The van der Waals surface area contributed by atoms with E-state index in [0.29, 0.717) is 17.3 Å². The quantitative estimate of drug-likeness (QED) is 0.420. The average molecular weight is 474 g/mol. The van der Waals surface area contributed by atoms with E-state index in [0.717, 1.165) is 32.5 Å². The molecule has 0 aliphatic carbocycles. The minimum absolute atomic E-state index is 0.0635. The molecule has 0 aliphatic rings. The number of halogens is 2. The molecule has 2 N–H and O–H groups in total. The van der Waals surface area contributed by atoms with Crippen LogP contribution in [0.25, 0.3) is 0 Å². The highest BCUT2D eigenvalue weighted by Crippen LogP contribution is 2.27. The maximum atomic E-state index is 12.2. The highest BCUT2D eigenvalue weighted by molar-refractivity contribution is 9.10. The molecular weight excluding hydrogens is 452 g/mol. The summed E-state index contributed by atoms with van der Waals surface area (Å²) in [7, 11) is 0. The van der Waals surface area contributed by atoms with Crippen LogP contribution in [0.1, 0.15) is 16.7 Å². The first kappa shape index (κ1) is 21.2. The second-order valence-corrected chi connectivity index (χ2v) is 8.07. The number of amides is 1. The molecule has 0 heterocycles. The van der Waals surface area contributed by atoms with E-state index in [-0.39, 0.29) is 12.5 Å². The van der Waals surface area contributed by atoms with Crippen molar-refractivity contribution >= 4 is 44.8 Å². The van der Waals surface area contributed by atoms with E-state index >= 15 is 0 Å². The van der Waals surface area contributed by atoms with Crippen LogP contribution in [0.4, 0.5) is 11.4 Å². The smallest absolute Gasteiger partial charge is 0.262 e. The molecule has 0 atom stereocenters. The van der Waals surface area contributed by atoms with Crippen molar-refractivity contribution in [1.29, 1.82) is 0 Å². The molecule has 0 fully saturated rings. The maximum Gasteiger partial charge on any atom is 0.262 e. The number of hydrogen-bond donors (Lipinski definition) is 2. The first-order valence-electron chi connectivity index (χ1n) is 9.18. The number of rotatable bonds is 7. The van der Waals surface area contributed by atoms with Crippen LogP contribution in [0.5, 0.6) is 5.75 Å². The lowest BCUT2D eigenvalue weighted by molar-refractivity contribution is -0.118. The Morgan fingerprint density at radius 1 is 1.07 bits per heavy atom. The Morgan fingerprint density at radius 3 is 2.62 bits per heavy atom. The topological polar surface area (TPSA) is 50.4 Å². The number of benzene rings is 3. The number of carbonyl (C=O) groups is 1. The van der Waals surface area contributed by atoms with Crippen molar-refractivity contribution in [2.45, 2.75) is 20.4 Å². The van der Waals surface area contributed by atoms with Gasteiger partial charge in [-0.3, -0.25) is 4.79 Å². The third kappa shape index (κ3) is 6.24. The van der Waals surface area contributed by atoms with E-state index in [1.54, 1.807) is 0 Å². The lowest BCUT2D eigenvalue weighted by atomic mass is 10.1. The fourth-order valence-electron chi connectivity index (χ4n) is 2.86. The molecular formula is C23H22BrClN2O2. The van der Waals surface area contributed by atoms with Crippen molar-refractivity contribution in [1.82, 2.24) is 0 Å². The van der Waals surface area contributed by atoms with Crippen LogP contribution in [-0.4, -0.2) is 12.5 Å². The van der Waals surface area contributed by atoms with Crippen molar-refractivity contribution in [2.24, 2.45) is 0 Å². The number of anilines is 2. The Balaban J connectivity index is 1.54. The molecule has 0 aromatic heterocycles. The summed E-state index contributed by atoms with van der Waals surface area (Å²) < 4.78 is 6.46. The fraction of sp³-hybridized carbons (Fsp3) is 0.174. The summed E-state index contributed by atoms with van der Waals surface area (Å²) in [5.74, 6) is 0.419. The summed E-state index contributed by atoms with van der Waals surface area (Å²) in [5.41, 5.74) is 5.01. The zero-order valence-electron chi connectivity index (χ0n) is 16.3. The lowest BCUT2D eigenvalue weighted by Gasteiger charge is -2.12. The van der Waals surface area contributed by atoms with Gasteiger partial charge >= 0.3 is 0 Å². The first-order chi connectivity index (χ1) is 13.9. The molecule has 0 spiro atoms. The van der Waals surface area contributed by atoms with Gasteiger partial charge in [0.1, 0.15) is 5.75 Å². The van der Waals surface area contributed by atoms with E-state index in [9.17, 15) is 4.79 Å². The van der Waals surface area contributed by atoms with Crippen LogP contribution in [0.2, 0.25) is 5.02 Å². The van der Waals surface area contributed by atoms with Gasteiger partial charge in [0, 0.05) is 22.9 Å². The van der Waals surface area contributed by atoms with Gasteiger partial charge in [0.15, 0.2) is 6.61 Å². The van der Waals surface area contributed by atoms with Crippen molar-refractivity contribution < 1.29 is 9.53 Å². The van der Waals surface area contributed by atoms with Gasteiger partial charge in [-0.25, -0.2) is 0 Å². The van der Waals surface area contributed by atoms with Crippen molar-refractivity contribution in [3.05, 3.63) is 86.8 Å². The zero-order valence-corrected chi connectivity index (χ0v) is 18.6. The van der Waals surface area contributed by atoms with E-state index in [2.05, 4.69) is 26.6 Å².